The molecular weight excluding hydrogens is 367 g/mol. The first kappa shape index (κ1) is 20.9. The van der Waals surface area contributed by atoms with Gasteiger partial charge in [0.15, 0.2) is 18.1 Å². The second-order valence-electron chi connectivity index (χ2n) is 6.33. The molecule has 1 saturated heterocycles. The molecule has 1 aromatic rings. The van der Waals surface area contributed by atoms with Crippen molar-refractivity contribution in [1.82, 2.24) is 4.90 Å². The zero-order valence-electron chi connectivity index (χ0n) is 14.9. The predicted molar refractivity (Wildman–Crippen MR) is 89.9 cm³/mol. The standard InChI is InChI=1S/C18H22F3NO5/c1-26-15-10-12(5-7-14(15)27-11-18(19,20)21)6-8-16(23)22-9-3-2-4-13(22)17(24)25/h5,7,10,13H,2-4,6,8-9,11H2,1H3,(H,24,25). The maximum atomic E-state index is 12.4. The third-order valence-electron chi connectivity index (χ3n) is 4.36. The molecule has 1 heterocycles. The van der Waals surface area contributed by atoms with Gasteiger partial charge in [0.2, 0.25) is 5.91 Å². The highest BCUT2D eigenvalue weighted by molar-refractivity contribution is 5.84. The third kappa shape index (κ3) is 6.04. The molecule has 1 N–H and O–H groups in total. The Balaban J connectivity index is 1.98. The summed E-state index contributed by atoms with van der Waals surface area (Å²) in [5.41, 5.74) is 0.684. The number of carbonyl (C=O) groups excluding carboxylic acids is 1. The van der Waals surface area contributed by atoms with Gasteiger partial charge in [-0.1, -0.05) is 6.07 Å². The van der Waals surface area contributed by atoms with Crippen LogP contribution < -0.4 is 9.47 Å². The number of methoxy groups -OCH3 is 1. The van der Waals surface area contributed by atoms with Crippen LogP contribution in [-0.2, 0) is 16.0 Å². The first-order valence-electron chi connectivity index (χ1n) is 8.60. The molecule has 1 amide bonds. The number of alkyl halides is 3. The topological polar surface area (TPSA) is 76.1 Å². The van der Waals surface area contributed by atoms with Gasteiger partial charge in [-0.15, -0.1) is 0 Å². The Bertz CT molecular complexity index is 677. The molecule has 6 nitrogen and oxygen atoms in total. The Morgan fingerprint density at radius 2 is 2.00 bits per heavy atom. The molecule has 1 aliphatic rings. The molecule has 9 heteroatoms. The minimum absolute atomic E-state index is 0.0353. The molecule has 0 spiro atoms. The molecule has 1 fully saturated rings. The Hall–Kier alpha value is -2.45. The summed E-state index contributed by atoms with van der Waals surface area (Å²) in [6.45, 7) is -1.00. The summed E-state index contributed by atoms with van der Waals surface area (Å²) in [4.78, 5) is 25.1. The molecule has 1 atom stereocenters. The van der Waals surface area contributed by atoms with E-state index in [1.165, 1.54) is 24.1 Å². The number of aliphatic carboxylic acids is 1. The van der Waals surface area contributed by atoms with Crippen LogP contribution in [-0.4, -0.2) is 54.4 Å². The lowest BCUT2D eigenvalue weighted by atomic mass is 10.0. The van der Waals surface area contributed by atoms with Crippen molar-refractivity contribution in [1.29, 1.82) is 0 Å². The van der Waals surface area contributed by atoms with Crippen LogP contribution in [0, 0.1) is 0 Å². The van der Waals surface area contributed by atoms with Crippen LogP contribution in [0.25, 0.3) is 0 Å². The van der Waals surface area contributed by atoms with Gasteiger partial charge in [-0.2, -0.15) is 13.2 Å². The Morgan fingerprint density at radius 3 is 2.63 bits per heavy atom. The lowest BCUT2D eigenvalue weighted by molar-refractivity contribution is -0.153. The number of carboxylic acid groups (broad SMARTS) is 1. The van der Waals surface area contributed by atoms with Gasteiger partial charge in [-0.3, -0.25) is 4.79 Å². The smallest absolute Gasteiger partial charge is 0.422 e. The molecule has 2 rings (SSSR count). The van der Waals surface area contributed by atoms with Gasteiger partial charge >= 0.3 is 12.1 Å². The highest BCUT2D eigenvalue weighted by Crippen LogP contribution is 2.30. The van der Waals surface area contributed by atoms with Gasteiger partial charge in [0, 0.05) is 13.0 Å². The first-order valence-corrected chi connectivity index (χ1v) is 8.60. The number of benzene rings is 1. The molecule has 1 aromatic carbocycles. The van der Waals surface area contributed by atoms with Crippen molar-refractivity contribution in [2.24, 2.45) is 0 Å². The van der Waals surface area contributed by atoms with Crippen LogP contribution in [0.2, 0.25) is 0 Å². The van der Waals surface area contributed by atoms with E-state index >= 15 is 0 Å². The fourth-order valence-electron chi connectivity index (χ4n) is 3.03. The predicted octanol–water partition coefficient (Wildman–Crippen LogP) is 3.03. The van der Waals surface area contributed by atoms with E-state index in [-0.39, 0.29) is 23.8 Å². The van der Waals surface area contributed by atoms with Crippen molar-refractivity contribution in [2.45, 2.75) is 44.3 Å². The highest BCUT2D eigenvalue weighted by atomic mass is 19.4. The fourth-order valence-corrected chi connectivity index (χ4v) is 3.03. The van der Waals surface area contributed by atoms with Crippen LogP contribution in [0.5, 0.6) is 11.5 Å². The number of aryl methyl sites for hydroxylation is 1. The summed E-state index contributed by atoms with van der Waals surface area (Å²) in [5.74, 6) is -1.15. The van der Waals surface area contributed by atoms with Gasteiger partial charge in [-0.25, -0.2) is 4.79 Å². The van der Waals surface area contributed by atoms with Crippen LogP contribution >= 0.6 is 0 Å². The van der Waals surface area contributed by atoms with E-state index in [9.17, 15) is 27.9 Å². The highest BCUT2D eigenvalue weighted by Gasteiger charge is 2.31. The lowest BCUT2D eigenvalue weighted by Gasteiger charge is -2.33. The molecule has 0 aliphatic carbocycles. The van der Waals surface area contributed by atoms with Crippen molar-refractivity contribution in [3.8, 4) is 11.5 Å². The second kappa shape index (κ2) is 8.96. The van der Waals surface area contributed by atoms with Crippen LogP contribution in [0.3, 0.4) is 0 Å². The fraction of sp³-hybridized carbons (Fsp3) is 0.556. The second-order valence-corrected chi connectivity index (χ2v) is 6.33. The zero-order valence-corrected chi connectivity index (χ0v) is 14.9. The number of carbonyl (C=O) groups is 2. The SMILES string of the molecule is COc1cc(CCC(=O)N2CCCCC2C(=O)O)ccc1OCC(F)(F)F. The molecule has 0 radical (unpaired) electrons. The number of carboxylic acids is 1. The maximum Gasteiger partial charge on any atom is 0.422 e. The van der Waals surface area contributed by atoms with Crippen LogP contribution in [0.4, 0.5) is 13.2 Å². The summed E-state index contributed by atoms with van der Waals surface area (Å²) in [5, 5.41) is 9.24. The molecule has 1 unspecified atom stereocenters. The number of halogens is 3. The number of piperidine rings is 1. The average Bonchev–Trinajstić information content (AvgIpc) is 2.63. The number of amides is 1. The Morgan fingerprint density at radius 1 is 1.26 bits per heavy atom. The van der Waals surface area contributed by atoms with E-state index < -0.39 is 24.8 Å². The van der Waals surface area contributed by atoms with E-state index in [0.717, 1.165) is 12.8 Å². The van der Waals surface area contributed by atoms with E-state index in [1.54, 1.807) is 6.07 Å². The maximum absolute atomic E-state index is 12.4. The van der Waals surface area contributed by atoms with E-state index in [2.05, 4.69) is 0 Å². The van der Waals surface area contributed by atoms with E-state index in [1.807, 2.05) is 0 Å². The van der Waals surface area contributed by atoms with Gasteiger partial charge < -0.3 is 19.5 Å². The van der Waals surface area contributed by atoms with Crippen LogP contribution in [0.15, 0.2) is 18.2 Å². The van der Waals surface area contributed by atoms with Gasteiger partial charge in [0.25, 0.3) is 0 Å². The molecule has 0 aromatic heterocycles. The zero-order chi connectivity index (χ0) is 20.0. The van der Waals surface area contributed by atoms with Crippen LogP contribution in [0.1, 0.15) is 31.2 Å². The molecule has 1 aliphatic heterocycles. The van der Waals surface area contributed by atoms with Crippen molar-refractivity contribution in [2.75, 3.05) is 20.3 Å². The monoisotopic (exact) mass is 389 g/mol. The summed E-state index contributed by atoms with van der Waals surface area (Å²) in [6, 6.07) is 3.65. The Labute approximate surface area is 154 Å². The Kier molecular flexibility index (Phi) is 6.92. The number of ether oxygens (including phenoxy) is 2. The number of likely N-dealkylation sites (tertiary alicyclic amines) is 1. The number of nitrogens with zero attached hydrogens (tertiary/aromatic N) is 1. The summed E-state index contributed by atoms with van der Waals surface area (Å²) < 4.78 is 46.6. The van der Waals surface area contributed by atoms with E-state index in [4.69, 9.17) is 9.47 Å². The van der Waals surface area contributed by atoms with Gasteiger partial charge in [0.05, 0.1) is 7.11 Å². The number of hydrogen-bond donors (Lipinski definition) is 1. The molecule has 150 valence electrons. The third-order valence-corrected chi connectivity index (χ3v) is 4.36. The quantitative estimate of drug-likeness (QED) is 0.776. The minimum atomic E-state index is -4.45. The van der Waals surface area contributed by atoms with Crippen molar-refractivity contribution < 1.29 is 37.3 Å². The molecule has 27 heavy (non-hydrogen) atoms. The molecular formula is C18H22F3NO5. The summed E-state index contributed by atoms with van der Waals surface area (Å²) >= 11 is 0. The van der Waals surface area contributed by atoms with E-state index in [0.29, 0.717) is 24.9 Å². The number of hydrogen-bond acceptors (Lipinski definition) is 4. The van der Waals surface area contributed by atoms with Gasteiger partial charge in [0.1, 0.15) is 6.04 Å². The minimum Gasteiger partial charge on any atom is -0.493 e. The van der Waals surface area contributed by atoms with Crippen molar-refractivity contribution >= 4 is 11.9 Å². The lowest BCUT2D eigenvalue weighted by Crippen LogP contribution is -2.48. The van der Waals surface area contributed by atoms with Gasteiger partial charge in [-0.05, 0) is 43.4 Å². The van der Waals surface area contributed by atoms with Crippen molar-refractivity contribution in [3.05, 3.63) is 23.8 Å². The average molecular weight is 389 g/mol. The summed E-state index contributed by atoms with van der Waals surface area (Å²) in [6.07, 6.45) is -2.04. The number of rotatable bonds is 7. The normalized spacial score (nSPS) is 17.5. The molecule has 0 saturated carbocycles. The van der Waals surface area contributed by atoms with Crippen molar-refractivity contribution in [3.63, 3.8) is 0 Å². The summed E-state index contributed by atoms with van der Waals surface area (Å²) in [7, 11) is 1.32. The first-order chi connectivity index (χ1) is 12.7. The largest absolute Gasteiger partial charge is 0.493 e. The molecule has 0 bridgehead atoms.